The maximum absolute atomic E-state index is 13.2. The van der Waals surface area contributed by atoms with Crippen LogP contribution in [0.15, 0.2) is 35.0 Å². The predicted molar refractivity (Wildman–Crippen MR) is 112 cm³/mol. The van der Waals surface area contributed by atoms with Gasteiger partial charge < -0.3 is 14.4 Å². The zero-order valence-electron chi connectivity index (χ0n) is 16.1. The molecule has 0 saturated heterocycles. The molecule has 1 atom stereocenters. The van der Waals surface area contributed by atoms with Crippen LogP contribution in [0.4, 0.5) is 0 Å². The number of rotatable bonds is 5. The third-order valence-electron chi connectivity index (χ3n) is 5.01. The molecule has 1 aliphatic rings. The van der Waals surface area contributed by atoms with Gasteiger partial charge in [-0.25, -0.2) is 4.98 Å². The summed E-state index contributed by atoms with van der Waals surface area (Å²) in [7, 11) is 3.29. The second-order valence-corrected chi connectivity index (χ2v) is 8.74. The van der Waals surface area contributed by atoms with E-state index in [1.165, 1.54) is 5.56 Å². The van der Waals surface area contributed by atoms with Gasteiger partial charge in [0.1, 0.15) is 0 Å². The van der Waals surface area contributed by atoms with Crippen LogP contribution in [-0.4, -0.2) is 36.6 Å². The van der Waals surface area contributed by atoms with Gasteiger partial charge in [-0.15, -0.1) is 22.7 Å². The van der Waals surface area contributed by atoms with E-state index in [1.807, 2.05) is 35.4 Å². The zero-order chi connectivity index (χ0) is 19.7. The second kappa shape index (κ2) is 7.93. The average Bonchev–Trinajstić information content (AvgIpc) is 3.37. The second-order valence-electron chi connectivity index (χ2n) is 6.70. The molecule has 0 radical (unpaired) electrons. The summed E-state index contributed by atoms with van der Waals surface area (Å²) in [5.74, 6) is 1.51. The molecule has 2 aromatic heterocycles. The molecule has 0 spiro atoms. The fourth-order valence-corrected chi connectivity index (χ4v) is 5.18. The largest absolute Gasteiger partial charge is 0.493 e. The Bertz CT molecular complexity index is 982. The van der Waals surface area contributed by atoms with E-state index >= 15 is 0 Å². The number of fused-ring (bicyclic) bond motifs is 1. The maximum atomic E-state index is 13.2. The van der Waals surface area contributed by atoms with E-state index in [9.17, 15) is 4.79 Å². The fourth-order valence-electron chi connectivity index (χ4n) is 3.71. The standard InChI is InChI=1S/C21H22N2O3S2/c1-13-22-15(12-28-13)10-20(24)23-7-6-14-9-17(25-2)18(26-3)11-16(14)21(23)19-5-4-8-27-19/h4-5,8-9,11-12,21H,6-7,10H2,1-3H3. The molecule has 0 fully saturated rings. The number of benzene rings is 1. The Labute approximate surface area is 172 Å². The molecule has 1 amide bonds. The van der Waals surface area contributed by atoms with E-state index < -0.39 is 0 Å². The number of amides is 1. The first-order valence-corrected chi connectivity index (χ1v) is 10.8. The van der Waals surface area contributed by atoms with Crippen LogP contribution in [0.5, 0.6) is 11.5 Å². The summed E-state index contributed by atoms with van der Waals surface area (Å²) in [5.41, 5.74) is 3.15. The van der Waals surface area contributed by atoms with Crippen molar-refractivity contribution in [2.24, 2.45) is 0 Å². The van der Waals surface area contributed by atoms with Gasteiger partial charge >= 0.3 is 0 Å². The van der Waals surface area contributed by atoms with Crippen molar-refractivity contribution in [1.29, 1.82) is 0 Å². The molecule has 0 N–H and O–H groups in total. The lowest BCUT2D eigenvalue weighted by molar-refractivity contribution is -0.132. The number of ether oxygens (including phenoxy) is 2. The minimum atomic E-state index is -0.115. The van der Waals surface area contributed by atoms with Crippen LogP contribution in [-0.2, 0) is 17.6 Å². The van der Waals surface area contributed by atoms with Crippen molar-refractivity contribution >= 4 is 28.6 Å². The number of carbonyl (C=O) groups excluding carboxylic acids is 1. The highest BCUT2D eigenvalue weighted by Crippen LogP contribution is 2.42. The number of thiophene rings is 1. The van der Waals surface area contributed by atoms with Crippen LogP contribution in [0, 0.1) is 6.92 Å². The molecule has 0 saturated carbocycles. The highest BCUT2D eigenvalue weighted by Gasteiger charge is 2.34. The first-order valence-electron chi connectivity index (χ1n) is 9.09. The molecule has 4 rings (SSSR count). The number of nitrogens with zero attached hydrogens (tertiary/aromatic N) is 2. The van der Waals surface area contributed by atoms with Gasteiger partial charge in [0.15, 0.2) is 11.5 Å². The number of thiazole rings is 1. The molecule has 1 unspecified atom stereocenters. The molecule has 3 heterocycles. The monoisotopic (exact) mass is 414 g/mol. The van der Waals surface area contributed by atoms with Crippen LogP contribution in [0.2, 0.25) is 0 Å². The van der Waals surface area contributed by atoms with Crippen LogP contribution in [0.3, 0.4) is 0 Å². The summed E-state index contributed by atoms with van der Waals surface area (Å²) in [6.45, 7) is 2.64. The molecular weight excluding hydrogens is 392 g/mol. The number of aromatic nitrogens is 1. The van der Waals surface area contributed by atoms with Crippen LogP contribution >= 0.6 is 22.7 Å². The Morgan fingerprint density at radius 3 is 2.68 bits per heavy atom. The van der Waals surface area contributed by atoms with Gasteiger partial charge in [-0.2, -0.15) is 0 Å². The number of aryl methyl sites for hydroxylation is 1. The quantitative estimate of drug-likeness (QED) is 0.626. The molecule has 0 bridgehead atoms. The van der Waals surface area contributed by atoms with E-state index in [1.54, 1.807) is 36.9 Å². The highest BCUT2D eigenvalue weighted by molar-refractivity contribution is 7.10. The Kier molecular flexibility index (Phi) is 5.37. The molecule has 0 aliphatic carbocycles. The molecular formula is C21H22N2O3S2. The van der Waals surface area contributed by atoms with E-state index in [-0.39, 0.29) is 11.9 Å². The van der Waals surface area contributed by atoms with Crippen molar-refractivity contribution in [3.8, 4) is 11.5 Å². The lowest BCUT2D eigenvalue weighted by Crippen LogP contribution is -2.41. The summed E-state index contributed by atoms with van der Waals surface area (Å²) in [4.78, 5) is 20.8. The Morgan fingerprint density at radius 1 is 1.25 bits per heavy atom. The summed E-state index contributed by atoms with van der Waals surface area (Å²) >= 11 is 3.25. The smallest absolute Gasteiger partial charge is 0.229 e. The number of hydrogen-bond donors (Lipinski definition) is 0. The first-order chi connectivity index (χ1) is 13.6. The van der Waals surface area contributed by atoms with Crippen molar-refractivity contribution in [1.82, 2.24) is 9.88 Å². The molecule has 1 aliphatic heterocycles. The molecule has 28 heavy (non-hydrogen) atoms. The van der Waals surface area contributed by atoms with Gasteiger partial charge in [0.2, 0.25) is 5.91 Å². The first kappa shape index (κ1) is 19.0. The lowest BCUT2D eigenvalue weighted by atomic mass is 9.90. The topological polar surface area (TPSA) is 51.7 Å². The minimum Gasteiger partial charge on any atom is -0.493 e. The third-order valence-corrected chi connectivity index (χ3v) is 6.75. The number of hydrogen-bond acceptors (Lipinski definition) is 6. The molecule has 7 heteroatoms. The van der Waals surface area contributed by atoms with Gasteiger partial charge in [0.25, 0.3) is 0 Å². The SMILES string of the molecule is COc1cc2c(cc1OC)C(c1cccs1)N(C(=O)Cc1csc(C)n1)CC2. The van der Waals surface area contributed by atoms with Gasteiger partial charge in [0.05, 0.1) is 37.4 Å². The molecule has 146 valence electrons. The summed E-state index contributed by atoms with van der Waals surface area (Å²) in [6.07, 6.45) is 1.12. The maximum Gasteiger partial charge on any atom is 0.229 e. The van der Waals surface area contributed by atoms with E-state index in [2.05, 4.69) is 16.4 Å². The van der Waals surface area contributed by atoms with Gasteiger partial charge in [-0.1, -0.05) is 6.07 Å². The molecule has 1 aromatic carbocycles. The van der Waals surface area contributed by atoms with Crippen molar-refractivity contribution in [3.63, 3.8) is 0 Å². The van der Waals surface area contributed by atoms with E-state index in [0.717, 1.165) is 33.3 Å². The van der Waals surface area contributed by atoms with Crippen molar-refractivity contribution < 1.29 is 14.3 Å². The Morgan fingerprint density at radius 2 is 2.04 bits per heavy atom. The minimum absolute atomic E-state index is 0.101. The van der Waals surface area contributed by atoms with Crippen LogP contribution in [0.25, 0.3) is 0 Å². The van der Waals surface area contributed by atoms with Gasteiger partial charge in [-0.05, 0) is 48.1 Å². The van der Waals surface area contributed by atoms with E-state index in [0.29, 0.717) is 18.7 Å². The van der Waals surface area contributed by atoms with Crippen LogP contribution in [0.1, 0.15) is 32.7 Å². The molecule has 5 nitrogen and oxygen atoms in total. The normalized spacial score (nSPS) is 16.0. The Balaban J connectivity index is 1.73. The van der Waals surface area contributed by atoms with Crippen molar-refractivity contribution in [2.45, 2.75) is 25.8 Å². The number of methoxy groups -OCH3 is 2. The fraction of sp³-hybridized carbons (Fsp3) is 0.333. The number of carbonyl (C=O) groups is 1. The zero-order valence-corrected chi connectivity index (χ0v) is 17.7. The van der Waals surface area contributed by atoms with Crippen LogP contribution < -0.4 is 9.47 Å². The van der Waals surface area contributed by atoms with Gasteiger partial charge in [-0.3, -0.25) is 4.79 Å². The average molecular weight is 415 g/mol. The molecule has 3 aromatic rings. The predicted octanol–water partition coefficient (Wildman–Crippen LogP) is 4.25. The van der Waals surface area contributed by atoms with Crippen molar-refractivity contribution in [3.05, 3.63) is 61.7 Å². The van der Waals surface area contributed by atoms with Gasteiger partial charge in [0, 0.05) is 16.8 Å². The summed E-state index contributed by atoms with van der Waals surface area (Å²) < 4.78 is 11.0. The van der Waals surface area contributed by atoms with Crippen molar-refractivity contribution in [2.75, 3.05) is 20.8 Å². The summed E-state index contributed by atoms with van der Waals surface area (Å²) in [6, 6.07) is 8.07. The summed E-state index contributed by atoms with van der Waals surface area (Å²) in [5, 5.41) is 5.01. The lowest BCUT2D eigenvalue weighted by Gasteiger charge is -2.37. The Hall–Kier alpha value is -2.38. The third kappa shape index (κ3) is 3.52. The van der Waals surface area contributed by atoms with E-state index in [4.69, 9.17) is 9.47 Å². The highest BCUT2D eigenvalue weighted by atomic mass is 32.1.